The fourth-order valence-corrected chi connectivity index (χ4v) is 1.40. The van der Waals surface area contributed by atoms with Gasteiger partial charge in [-0.15, -0.1) is 0 Å². The van der Waals surface area contributed by atoms with Crippen LogP contribution in [0.1, 0.15) is 30.9 Å². The Hall–Kier alpha value is -1.02. The molecule has 1 rings (SSSR count). The van der Waals surface area contributed by atoms with E-state index >= 15 is 0 Å². The van der Waals surface area contributed by atoms with Crippen LogP contribution in [0.15, 0.2) is 18.2 Å². The maximum absolute atomic E-state index is 5.66. The Morgan fingerprint density at radius 1 is 1.27 bits per heavy atom. The maximum atomic E-state index is 5.66. The van der Waals surface area contributed by atoms with Crippen LogP contribution in [0.3, 0.4) is 0 Å². The van der Waals surface area contributed by atoms with Gasteiger partial charge in [0, 0.05) is 6.04 Å². The molecule has 1 aromatic carbocycles. The van der Waals surface area contributed by atoms with Crippen molar-refractivity contribution in [1.29, 1.82) is 0 Å². The van der Waals surface area contributed by atoms with E-state index in [1.807, 2.05) is 13.0 Å². The summed E-state index contributed by atoms with van der Waals surface area (Å²) >= 11 is 0. The predicted molar refractivity (Wildman–Crippen MR) is 64.3 cm³/mol. The Balaban J connectivity index is 2.35. The summed E-state index contributed by atoms with van der Waals surface area (Å²) in [7, 11) is 0. The van der Waals surface area contributed by atoms with Crippen LogP contribution in [-0.2, 0) is 0 Å². The number of benzene rings is 1. The summed E-state index contributed by atoms with van der Waals surface area (Å²) in [6.45, 7) is 6.99. The van der Waals surface area contributed by atoms with Crippen molar-refractivity contribution in [2.45, 2.75) is 39.7 Å². The van der Waals surface area contributed by atoms with E-state index in [2.05, 4.69) is 26.0 Å². The highest BCUT2D eigenvalue weighted by Gasteiger charge is 1.98. The largest absolute Gasteiger partial charge is 0.494 e. The molecule has 0 saturated heterocycles. The highest BCUT2D eigenvalue weighted by atomic mass is 16.5. The zero-order valence-electron chi connectivity index (χ0n) is 9.92. The SMILES string of the molecule is Cc1ccc(OCCCC(C)N)cc1C. The number of nitrogens with two attached hydrogens (primary N) is 1. The van der Waals surface area contributed by atoms with Gasteiger partial charge in [0.1, 0.15) is 5.75 Å². The second-order valence-electron chi connectivity index (χ2n) is 4.21. The highest BCUT2D eigenvalue weighted by molar-refractivity contribution is 5.33. The molecular weight excluding hydrogens is 186 g/mol. The van der Waals surface area contributed by atoms with E-state index < -0.39 is 0 Å². The van der Waals surface area contributed by atoms with Gasteiger partial charge in [-0.05, 0) is 56.9 Å². The zero-order chi connectivity index (χ0) is 11.3. The van der Waals surface area contributed by atoms with Crippen molar-refractivity contribution in [3.8, 4) is 5.75 Å². The fourth-order valence-electron chi connectivity index (χ4n) is 1.40. The molecule has 2 N–H and O–H groups in total. The molecule has 0 saturated carbocycles. The summed E-state index contributed by atoms with van der Waals surface area (Å²) in [6, 6.07) is 6.47. The van der Waals surface area contributed by atoms with Crippen molar-refractivity contribution in [3.05, 3.63) is 29.3 Å². The number of hydrogen-bond donors (Lipinski definition) is 1. The van der Waals surface area contributed by atoms with Crippen LogP contribution in [0.4, 0.5) is 0 Å². The average molecular weight is 207 g/mol. The summed E-state index contributed by atoms with van der Waals surface area (Å²) in [5.41, 5.74) is 8.24. The Kier molecular flexibility index (Phi) is 4.63. The molecule has 2 heteroatoms. The summed E-state index contributed by atoms with van der Waals surface area (Å²) in [5.74, 6) is 0.961. The van der Waals surface area contributed by atoms with Crippen molar-refractivity contribution in [1.82, 2.24) is 0 Å². The molecule has 0 aliphatic carbocycles. The predicted octanol–water partition coefficient (Wildman–Crippen LogP) is 2.81. The lowest BCUT2D eigenvalue weighted by molar-refractivity contribution is 0.302. The van der Waals surface area contributed by atoms with E-state index in [-0.39, 0.29) is 6.04 Å². The Bertz CT molecular complexity index is 307. The molecule has 1 atom stereocenters. The first-order valence-electron chi connectivity index (χ1n) is 5.55. The molecular formula is C13H21NO. The molecule has 0 aliphatic heterocycles. The van der Waals surface area contributed by atoms with Crippen molar-refractivity contribution < 1.29 is 4.74 Å². The first kappa shape index (κ1) is 12.1. The molecule has 84 valence electrons. The lowest BCUT2D eigenvalue weighted by atomic mass is 10.1. The van der Waals surface area contributed by atoms with Crippen molar-refractivity contribution in [3.63, 3.8) is 0 Å². The third-order valence-corrected chi connectivity index (χ3v) is 2.55. The number of ether oxygens (including phenoxy) is 1. The van der Waals surface area contributed by atoms with Gasteiger partial charge in [0.15, 0.2) is 0 Å². The van der Waals surface area contributed by atoms with E-state index in [9.17, 15) is 0 Å². The number of rotatable bonds is 5. The van der Waals surface area contributed by atoms with E-state index in [1.54, 1.807) is 0 Å². The average Bonchev–Trinajstić information content (AvgIpc) is 2.18. The van der Waals surface area contributed by atoms with Crippen LogP contribution >= 0.6 is 0 Å². The zero-order valence-corrected chi connectivity index (χ0v) is 9.92. The molecule has 0 amide bonds. The second-order valence-corrected chi connectivity index (χ2v) is 4.21. The third-order valence-electron chi connectivity index (χ3n) is 2.55. The third kappa shape index (κ3) is 4.34. The molecule has 0 fully saturated rings. The monoisotopic (exact) mass is 207 g/mol. The van der Waals surface area contributed by atoms with E-state index in [1.165, 1.54) is 11.1 Å². The van der Waals surface area contributed by atoms with Gasteiger partial charge in [-0.3, -0.25) is 0 Å². The number of hydrogen-bond acceptors (Lipinski definition) is 2. The lowest BCUT2D eigenvalue weighted by Gasteiger charge is -2.09. The van der Waals surface area contributed by atoms with Gasteiger partial charge in [-0.1, -0.05) is 6.07 Å². The van der Waals surface area contributed by atoms with Crippen LogP contribution < -0.4 is 10.5 Å². The molecule has 0 radical (unpaired) electrons. The highest BCUT2D eigenvalue weighted by Crippen LogP contribution is 2.16. The van der Waals surface area contributed by atoms with Gasteiger partial charge in [0.2, 0.25) is 0 Å². The van der Waals surface area contributed by atoms with Gasteiger partial charge in [-0.2, -0.15) is 0 Å². The van der Waals surface area contributed by atoms with E-state index in [0.29, 0.717) is 0 Å². The van der Waals surface area contributed by atoms with Crippen molar-refractivity contribution >= 4 is 0 Å². The standard InChI is InChI=1S/C13H21NO/c1-10-6-7-13(9-11(10)2)15-8-4-5-12(3)14/h6-7,9,12H,4-5,8,14H2,1-3H3. The smallest absolute Gasteiger partial charge is 0.119 e. The Labute approximate surface area is 92.4 Å². The van der Waals surface area contributed by atoms with Crippen LogP contribution in [0, 0.1) is 13.8 Å². The van der Waals surface area contributed by atoms with Crippen LogP contribution in [-0.4, -0.2) is 12.6 Å². The van der Waals surface area contributed by atoms with Gasteiger partial charge < -0.3 is 10.5 Å². The van der Waals surface area contributed by atoms with Crippen molar-refractivity contribution in [2.24, 2.45) is 5.73 Å². The molecule has 0 aromatic heterocycles. The van der Waals surface area contributed by atoms with Crippen LogP contribution in [0.2, 0.25) is 0 Å². The summed E-state index contributed by atoms with van der Waals surface area (Å²) < 4.78 is 5.64. The quantitative estimate of drug-likeness (QED) is 0.753. The molecule has 0 heterocycles. The molecule has 1 unspecified atom stereocenters. The molecule has 1 aromatic rings. The summed E-state index contributed by atoms with van der Waals surface area (Å²) in [5, 5.41) is 0. The summed E-state index contributed by atoms with van der Waals surface area (Å²) in [4.78, 5) is 0. The molecule has 0 aliphatic rings. The normalized spacial score (nSPS) is 12.5. The molecule has 0 bridgehead atoms. The molecule has 2 nitrogen and oxygen atoms in total. The molecule has 15 heavy (non-hydrogen) atoms. The minimum atomic E-state index is 0.272. The molecule has 0 spiro atoms. The second kappa shape index (κ2) is 5.76. The first-order valence-corrected chi connectivity index (χ1v) is 5.55. The van der Waals surface area contributed by atoms with Gasteiger partial charge in [0.05, 0.1) is 6.61 Å². The fraction of sp³-hybridized carbons (Fsp3) is 0.538. The first-order chi connectivity index (χ1) is 7.09. The minimum absolute atomic E-state index is 0.272. The minimum Gasteiger partial charge on any atom is -0.494 e. The summed E-state index contributed by atoms with van der Waals surface area (Å²) in [6.07, 6.45) is 2.04. The van der Waals surface area contributed by atoms with Gasteiger partial charge >= 0.3 is 0 Å². The van der Waals surface area contributed by atoms with Crippen LogP contribution in [0.25, 0.3) is 0 Å². The van der Waals surface area contributed by atoms with E-state index in [4.69, 9.17) is 10.5 Å². The van der Waals surface area contributed by atoms with Crippen molar-refractivity contribution in [2.75, 3.05) is 6.61 Å². The maximum Gasteiger partial charge on any atom is 0.119 e. The van der Waals surface area contributed by atoms with Crippen LogP contribution in [0.5, 0.6) is 5.75 Å². The lowest BCUT2D eigenvalue weighted by Crippen LogP contribution is -2.15. The number of aryl methyl sites for hydroxylation is 2. The van der Waals surface area contributed by atoms with Gasteiger partial charge in [-0.25, -0.2) is 0 Å². The van der Waals surface area contributed by atoms with Gasteiger partial charge in [0.25, 0.3) is 0 Å². The Morgan fingerprint density at radius 3 is 2.60 bits per heavy atom. The Morgan fingerprint density at radius 2 is 2.00 bits per heavy atom. The topological polar surface area (TPSA) is 35.2 Å². The van der Waals surface area contributed by atoms with E-state index in [0.717, 1.165) is 25.2 Å².